The normalized spacial score (nSPS) is 13.4. The van der Waals surface area contributed by atoms with E-state index in [1.807, 2.05) is 20.8 Å². The minimum absolute atomic E-state index is 0.207. The molecule has 0 radical (unpaired) electrons. The van der Waals surface area contributed by atoms with Crippen molar-refractivity contribution in [2.75, 3.05) is 18.5 Å². The summed E-state index contributed by atoms with van der Waals surface area (Å²) < 4.78 is 5.54. The molecule has 0 spiro atoms. The van der Waals surface area contributed by atoms with Gasteiger partial charge in [0.15, 0.2) is 0 Å². The first-order valence-electron chi connectivity index (χ1n) is 6.40. The second-order valence-corrected chi connectivity index (χ2v) is 5.83. The fourth-order valence-corrected chi connectivity index (χ4v) is 1.72. The third-order valence-corrected chi connectivity index (χ3v) is 2.47. The number of ether oxygens (including phenoxy) is 1. The van der Waals surface area contributed by atoms with E-state index in [0.717, 1.165) is 5.69 Å². The molecule has 0 bridgehead atoms. The highest BCUT2D eigenvalue weighted by Gasteiger charge is 2.13. The van der Waals surface area contributed by atoms with Gasteiger partial charge in [-0.3, -0.25) is 0 Å². The zero-order valence-corrected chi connectivity index (χ0v) is 12.1. The molecule has 0 fully saturated rings. The lowest BCUT2D eigenvalue weighted by molar-refractivity contribution is -0.0449. The van der Waals surface area contributed by atoms with Crippen molar-refractivity contribution in [2.45, 2.75) is 46.3 Å². The second-order valence-electron chi connectivity index (χ2n) is 5.83. The van der Waals surface area contributed by atoms with Crippen molar-refractivity contribution in [3.8, 4) is 0 Å². The summed E-state index contributed by atoms with van der Waals surface area (Å²) in [6.07, 6.45) is -0.495. The molecule has 3 heteroatoms. The van der Waals surface area contributed by atoms with E-state index in [2.05, 4.69) is 37.4 Å². The number of aliphatic hydroxyl groups is 1. The predicted molar refractivity (Wildman–Crippen MR) is 76.1 cm³/mol. The Labute approximate surface area is 110 Å². The number of benzene rings is 1. The Balaban J connectivity index is 2.40. The van der Waals surface area contributed by atoms with Crippen LogP contribution in [-0.2, 0) is 4.74 Å². The van der Waals surface area contributed by atoms with Gasteiger partial charge in [0.1, 0.15) is 0 Å². The summed E-state index contributed by atoms with van der Waals surface area (Å²) in [6.45, 7) is 10.9. The minimum Gasteiger partial charge on any atom is -0.389 e. The average molecular weight is 251 g/mol. The molecule has 1 aromatic carbocycles. The Morgan fingerprint density at radius 3 is 2.22 bits per heavy atom. The lowest BCUT2D eigenvalue weighted by Gasteiger charge is -2.22. The van der Waals surface area contributed by atoms with Crippen molar-refractivity contribution < 1.29 is 9.84 Å². The third kappa shape index (κ3) is 6.03. The number of rotatable bonds is 5. The van der Waals surface area contributed by atoms with Crippen molar-refractivity contribution in [2.24, 2.45) is 0 Å². The monoisotopic (exact) mass is 251 g/mol. The van der Waals surface area contributed by atoms with Crippen LogP contribution in [-0.4, -0.2) is 30.0 Å². The van der Waals surface area contributed by atoms with E-state index in [1.54, 1.807) is 0 Å². The van der Waals surface area contributed by atoms with Gasteiger partial charge in [-0.1, -0.05) is 6.07 Å². The Bertz CT molecular complexity index is 362. The van der Waals surface area contributed by atoms with Crippen molar-refractivity contribution in [1.29, 1.82) is 0 Å². The Hall–Kier alpha value is -1.06. The molecular weight excluding hydrogens is 226 g/mol. The highest BCUT2D eigenvalue weighted by atomic mass is 16.5. The lowest BCUT2D eigenvalue weighted by atomic mass is 10.1. The van der Waals surface area contributed by atoms with Crippen LogP contribution in [0.25, 0.3) is 0 Å². The SMILES string of the molecule is Cc1cc(C)cc(NCC(O)COC(C)(C)C)c1. The number of hydrogen-bond donors (Lipinski definition) is 2. The van der Waals surface area contributed by atoms with E-state index >= 15 is 0 Å². The summed E-state index contributed by atoms with van der Waals surface area (Å²) in [4.78, 5) is 0. The van der Waals surface area contributed by atoms with Crippen LogP contribution in [0.1, 0.15) is 31.9 Å². The van der Waals surface area contributed by atoms with E-state index in [-0.39, 0.29) is 5.60 Å². The molecule has 0 aliphatic rings. The zero-order valence-electron chi connectivity index (χ0n) is 12.1. The molecule has 18 heavy (non-hydrogen) atoms. The number of hydrogen-bond acceptors (Lipinski definition) is 3. The van der Waals surface area contributed by atoms with Crippen molar-refractivity contribution in [3.63, 3.8) is 0 Å². The standard InChI is InChI=1S/C15H25NO2/c1-11-6-12(2)8-13(7-11)16-9-14(17)10-18-15(3,4)5/h6-8,14,16-17H,9-10H2,1-5H3. The van der Waals surface area contributed by atoms with E-state index in [4.69, 9.17) is 4.74 Å². The average Bonchev–Trinajstić information content (AvgIpc) is 2.21. The van der Waals surface area contributed by atoms with E-state index in [9.17, 15) is 5.11 Å². The van der Waals surface area contributed by atoms with Crippen LogP contribution in [0.3, 0.4) is 0 Å². The molecule has 0 aliphatic heterocycles. The summed E-state index contributed by atoms with van der Waals surface area (Å²) in [6, 6.07) is 6.28. The highest BCUT2D eigenvalue weighted by molar-refractivity contribution is 5.48. The molecule has 1 rings (SSSR count). The molecule has 1 atom stereocenters. The molecule has 1 unspecified atom stereocenters. The second kappa shape index (κ2) is 6.21. The largest absolute Gasteiger partial charge is 0.389 e. The topological polar surface area (TPSA) is 41.5 Å². The van der Waals surface area contributed by atoms with Gasteiger partial charge in [-0.2, -0.15) is 0 Å². The van der Waals surface area contributed by atoms with Gasteiger partial charge in [0.25, 0.3) is 0 Å². The molecular formula is C15H25NO2. The molecule has 1 aromatic rings. The molecule has 0 aliphatic carbocycles. The first-order valence-corrected chi connectivity index (χ1v) is 6.40. The highest BCUT2D eigenvalue weighted by Crippen LogP contribution is 2.14. The van der Waals surface area contributed by atoms with Crippen molar-refractivity contribution in [3.05, 3.63) is 29.3 Å². The van der Waals surface area contributed by atoms with Crippen molar-refractivity contribution in [1.82, 2.24) is 0 Å². The summed E-state index contributed by atoms with van der Waals surface area (Å²) >= 11 is 0. The molecule has 0 aromatic heterocycles. The van der Waals surface area contributed by atoms with Crippen LogP contribution in [0.5, 0.6) is 0 Å². The van der Waals surface area contributed by atoms with Gasteiger partial charge in [-0.25, -0.2) is 0 Å². The Morgan fingerprint density at radius 2 is 1.72 bits per heavy atom. The predicted octanol–water partition coefficient (Wildman–Crippen LogP) is 2.89. The maximum Gasteiger partial charge on any atom is 0.0945 e. The molecule has 3 nitrogen and oxygen atoms in total. The van der Waals surface area contributed by atoms with Crippen LogP contribution in [0.4, 0.5) is 5.69 Å². The van der Waals surface area contributed by atoms with Crippen LogP contribution in [0, 0.1) is 13.8 Å². The lowest BCUT2D eigenvalue weighted by Crippen LogP contribution is -2.30. The van der Waals surface area contributed by atoms with Gasteiger partial charge in [0, 0.05) is 12.2 Å². The molecule has 0 saturated carbocycles. The number of nitrogens with one attached hydrogen (secondary N) is 1. The molecule has 0 saturated heterocycles. The number of aryl methyl sites for hydroxylation is 2. The molecule has 0 heterocycles. The first-order chi connectivity index (χ1) is 8.26. The number of aliphatic hydroxyl groups excluding tert-OH is 1. The summed E-state index contributed by atoms with van der Waals surface area (Å²) in [5, 5.41) is 13.1. The van der Waals surface area contributed by atoms with Crippen molar-refractivity contribution >= 4 is 5.69 Å². The maximum atomic E-state index is 9.82. The quantitative estimate of drug-likeness (QED) is 0.845. The first kappa shape index (κ1) is 15.0. The zero-order chi connectivity index (χ0) is 13.8. The van der Waals surface area contributed by atoms with E-state index in [1.165, 1.54) is 11.1 Å². The summed E-state index contributed by atoms with van der Waals surface area (Å²) in [7, 11) is 0. The number of anilines is 1. The maximum absolute atomic E-state index is 9.82. The van der Waals surface area contributed by atoms with Gasteiger partial charge < -0.3 is 15.2 Å². The van der Waals surface area contributed by atoms with Gasteiger partial charge in [-0.15, -0.1) is 0 Å². The Morgan fingerprint density at radius 1 is 1.17 bits per heavy atom. The van der Waals surface area contributed by atoms with Crippen LogP contribution < -0.4 is 5.32 Å². The molecule has 2 N–H and O–H groups in total. The van der Waals surface area contributed by atoms with Crippen LogP contribution in [0.2, 0.25) is 0 Å². The summed E-state index contributed by atoms with van der Waals surface area (Å²) in [5.74, 6) is 0. The van der Waals surface area contributed by atoms with Crippen LogP contribution >= 0.6 is 0 Å². The van der Waals surface area contributed by atoms with E-state index < -0.39 is 6.10 Å². The fourth-order valence-electron chi connectivity index (χ4n) is 1.72. The van der Waals surface area contributed by atoms with Crippen LogP contribution in [0.15, 0.2) is 18.2 Å². The van der Waals surface area contributed by atoms with Gasteiger partial charge >= 0.3 is 0 Å². The fraction of sp³-hybridized carbons (Fsp3) is 0.600. The van der Waals surface area contributed by atoms with Gasteiger partial charge in [0.05, 0.1) is 18.3 Å². The minimum atomic E-state index is -0.495. The smallest absolute Gasteiger partial charge is 0.0945 e. The van der Waals surface area contributed by atoms with Gasteiger partial charge in [-0.05, 0) is 57.9 Å². The Kier molecular flexibility index (Phi) is 5.17. The van der Waals surface area contributed by atoms with E-state index in [0.29, 0.717) is 13.2 Å². The summed E-state index contributed by atoms with van der Waals surface area (Å²) in [5.41, 5.74) is 3.28. The molecule has 102 valence electrons. The molecule has 0 amide bonds. The third-order valence-electron chi connectivity index (χ3n) is 2.47. The van der Waals surface area contributed by atoms with Gasteiger partial charge in [0.2, 0.25) is 0 Å².